The first kappa shape index (κ1) is 32.6. The fourth-order valence-electron chi connectivity index (χ4n) is 4.33. The molecule has 40 heavy (non-hydrogen) atoms. The number of nitrogens with zero attached hydrogens (tertiary/aromatic N) is 3. The van der Waals surface area contributed by atoms with E-state index in [1.165, 1.54) is 17.3 Å². The summed E-state index contributed by atoms with van der Waals surface area (Å²) in [6.45, 7) is 20.5. The Labute approximate surface area is 244 Å². The lowest BCUT2D eigenvalue weighted by Gasteiger charge is -2.32. The number of hydrogen-bond donors (Lipinski definition) is 1. The molecule has 0 bridgehead atoms. The molecule has 0 unspecified atom stereocenters. The van der Waals surface area contributed by atoms with Crippen molar-refractivity contribution >= 4 is 29.1 Å². The summed E-state index contributed by atoms with van der Waals surface area (Å²) in [6.07, 6.45) is 8.84. The van der Waals surface area contributed by atoms with E-state index in [0.717, 1.165) is 57.0 Å². The Morgan fingerprint density at radius 3 is 2.30 bits per heavy atom. The maximum absolute atomic E-state index is 12.8. The van der Waals surface area contributed by atoms with Gasteiger partial charge in [-0.15, -0.1) is 11.8 Å². The van der Waals surface area contributed by atoms with Crippen LogP contribution in [0.1, 0.15) is 63.9 Å². The molecule has 2 N–H and O–H groups in total. The molecule has 1 aromatic heterocycles. The quantitative estimate of drug-likeness (QED) is 0.250. The molecule has 3 aromatic rings. The SMILES string of the molecule is C=C1c2cc(-c3cnc(CC)c(C)c3)ccc2N=C(N)N1C(=C/C)/C(C)=C\C.CC.CSc1ccc(C)cc1F. The minimum Gasteiger partial charge on any atom is -0.369 e. The third-order valence-corrected chi connectivity index (χ3v) is 7.33. The second-order valence-corrected chi connectivity index (χ2v) is 9.96. The van der Waals surface area contributed by atoms with Crippen molar-refractivity contribution in [2.75, 3.05) is 6.26 Å². The molecule has 1 aliphatic rings. The van der Waals surface area contributed by atoms with Crippen molar-refractivity contribution in [2.24, 2.45) is 10.7 Å². The molecule has 0 saturated heterocycles. The number of pyridine rings is 1. The number of fused-ring (bicyclic) bond motifs is 1. The van der Waals surface area contributed by atoms with E-state index in [9.17, 15) is 4.39 Å². The van der Waals surface area contributed by atoms with E-state index in [0.29, 0.717) is 10.9 Å². The first-order valence-corrected chi connectivity index (χ1v) is 14.9. The topological polar surface area (TPSA) is 54.5 Å². The highest BCUT2D eigenvalue weighted by Crippen LogP contribution is 2.38. The molecule has 0 aliphatic carbocycles. The third-order valence-electron chi connectivity index (χ3n) is 6.56. The normalized spacial score (nSPS) is 13.0. The summed E-state index contributed by atoms with van der Waals surface area (Å²) < 4.78 is 12.8. The summed E-state index contributed by atoms with van der Waals surface area (Å²) in [4.78, 5) is 11.9. The van der Waals surface area contributed by atoms with E-state index < -0.39 is 0 Å². The van der Waals surface area contributed by atoms with Gasteiger partial charge in [0.05, 0.1) is 11.4 Å². The summed E-state index contributed by atoms with van der Waals surface area (Å²) in [7, 11) is 0. The first-order valence-electron chi connectivity index (χ1n) is 13.7. The molecule has 2 heterocycles. The number of rotatable bonds is 5. The van der Waals surface area contributed by atoms with E-state index in [1.54, 1.807) is 12.1 Å². The second kappa shape index (κ2) is 15.2. The Morgan fingerprint density at radius 2 is 1.75 bits per heavy atom. The van der Waals surface area contributed by atoms with Crippen LogP contribution in [0.15, 0.2) is 88.6 Å². The maximum atomic E-state index is 12.8. The van der Waals surface area contributed by atoms with Gasteiger partial charge < -0.3 is 5.73 Å². The summed E-state index contributed by atoms with van der Waals surface area (Å²) in [6, 6.07) is 13.6. The van der Waals surface area contributed by atoms with Crippen LogP contribution < -0.4 is 5.73 Å². The van der Waals surface area contributed by atoms with Crippen LogP contribution in [-0.2, 0) is 6.42 Å². The highest BCUT2D eigenvalue weighted by molar-refractivity contribution is 7.98. The molecule has 0 saturated carbocycles. The Hall–Kier alpha value is -3.64. The number of nitrogens with two attached hydrogens (primary N) is 1. The summed E-state index contributed by atoms with van der Waals surface area (Å²) >= 11 is 1.43. The van der Waals surface area contributed by atoms with Gasteiger partial charge in [0.15, 0.2) is 0 Å². The number of thioether (sulfide) groups is 1. The van der Waals surface area contributed by atoms with Gasteiger partial charge in [-0.2, -0.15) is 0 Å². The smallest absolute Gasteiger partial charge is 0.205 e. The Morgan fingerprint density at radius 1 is 1.05 bits per heavy atom. The first-order chi connectivity index (χ1) is 19.1. The zero-order chi connectivity index (χ0) is 30.0. The van der Waals surface area contributed by atoms with E-state index >= 15 is 0 Å². The highest BCUT2D eigenvalue weighted by atomic mass is 32.2. The van der Waals surface area contributed by atoms with Gasteiger partial charge >= 0.3 is 0 Å². The van der Waals surface area contributed by atoms with Crippen molar-refractivity contribution in [1.82, 2.24) is 9.88 Å². The molecule has 1 aliphatic heterocycles. The van der Waals surface area contributed by atoms with E-state index in [4.69, 9.17) is 5.73 Å². The van der Waals surface area contributed by atoms with Gasteiger partial charge in [0.1, 0.15) is 5.82 Å². The van der Waals surface area contributed by atoms with Gasteiger partial charge in [-0.25, -0.2) is 9.38 Å². The predicted molar refractivity (Wildman–Crippen MR) is 173 cm³/mol. The van der Waals surface area contributed by atoms with Gasteiger partial charge in [-0.1, -0.05) is 51.6 Å². The van der Waals surface area contributed by atoms with E-state index in [-0.39, 0.29) is 5.82 Å². The largest absolute Gasteiger partial charge is 0.369 e. The van der Waals surface area contributed by atoms with Gasteiger partial charge in [0.25, 0.3) is 0 Å². The molecule has 6 heteroatoms. The third kappa shape index (κ3) is 7.51. The lowest BCUT2D eigenvalue weighted by Crippen LogP contribution is -2.37. The highest BCUT2D eigenvalue weighted by Gasteiger charge is 2.25. The van der Waals surface area contributed by atoms with Crippen LogP contribution in [0.25, 0.3) is 16.8 Å². The Bertz CT molecular complexity index is 1440. The molecular weight excluding hydrogens is 515 g/mol. The number of allylic oxidation sites excluding steroid dienone is 3. The van der Waals surface area contributed by atoms with Crippen LogP contribution in [0.4, 0.5) is 10.1 Å². The Kier molecular flexibility index (Phi) is 12.4. The lowest BCUT2D eigenvalue weighted by atomic mass is 9.98. The number of halogens is 1. The predicted octanol–water partition coefficient (Wildman–Crippen LogP) is 9.60. The molecule has 4 nitrogen and oxygen atoms in total. The van der Waals surface area contributed by atoms with Crippen LogP contribution >= 0.6 is 11.8 Å². The number of aromatic nitrogens is 1. The van der Waals surface area contributed by atoms with Crippen LogP contribution in [0.2, 0.25) is 0 Å². The number of aryl methyl sites for hydroxylation is 3. The lowest BCUT2D eigenvalue weighted by molar-refractivity contribution is 0.601. The molecule has 2 aromatic carbocycles. The van der Waals surface area contributed by atoms with Crippen molar-refractivity contribution in [3.05, 3.63) is 107 Å². The zero-order valence-electron chi connectivity index (χ0n) is 25.4. The molecule has 0 fully saturated rings. The van der Waals surface area contributed by atoms with Crippen molar-refractivity contribution in [1.29, 1.82) is 0 Å². The van der Waals surface area contributed by atoms with Crippen molar-refractivity contribution < 1.29 is 4.39 Å². The number of aliphatic imine (C=N–C) groups is 1. The molecule has 212 valence electrons. The van der Waals surface area contributed by atoms with Crippen LogP contribution in [0.5, 0.6) is 0 Å². The second-order valence-electron chi connectivity index (χ2n) is 9.11. The van der Waals surface area contributed by atoms with E-state index in [2.05, 4.69) is 61.6 Å². The molecule has 0 spiro atoms. The average molecular weight is 559 g/mol. The van der Waals surface area contributed by atoms with Crippen LogP contribution in [0, 0.1) is 19.7 Å². The van der Waals surface area contributed by atoms with Gasteiger partial charge in [0.2, 0.25) is 5.96 Å². The van der Waals surface area contributed by atoms with Gasteiger partial charge in [0, 0.05) is 33.6 Å². The minimum absolute atomic E-state index is 0.118. The summed E-state index contributed by atoms with van der Waals surface area (Å²) in [5, 5.41) is 0. The van der Waals surface area contributed by atoms with Crippen molar-refractivity contribution in [3.8, 4) is 11.1 Å². The molecule has 4 rings (SSSR count). The van der Waals surface area contributed by atoms with Crippen LogP contribution in [0.3, 0.4) is 0 Å². The Balaban J connectivity index is 0.000000391. The minimum atomic E-state index is -0.118. The molecular formula is C34H43FN4S. The molecule has 0 radical (unpaired) electrons. The number of hydrogen-bond acceptors (Lipinski definition) is 5. The van der Waals surface area contributed by atoms with Gasteiger partial charge in [-0.05, 0) is 99.9 Å². The molecule has 0 atom stereocenters. The van der Waals surface area contributed by atoms with Crippen molar-refractivity contribution in [3.63, 3.8) is 0 Å². The van der Waals surface area contributed by atoms with Crippen molar-refractivity contribution in [2.45, 2.75) is 66.7 Å². The van der Waals surface area contributed by atoms with Gasteiger partial charge in [-0.3, -0.25) is 9.88 Å². The fourth-order valence-corrected chi connectivity index (χ4v) is 4.79. The number of benzene rings is 2. The fraction of sp³-hybridized carbons (Fsp3) is 0.294. The zero-order valence-corrected chi connectivity index (χ0v) is 26.2. The maximum Gasteiger partial charge on any atom is 0.205 e. The average Bonchev–Trinajstić information content (AvgIpc) is 2.96. The summed E-state index contributed by atoms with van der Waals surface area (Å²) in [5.41, 5.74) is 16.6. The monoisotopic (exact) mass is 558 g/mol. The summed E-state index contributed by atoms with van der Waals surface area (Å²) in [5.74, 6) is 0.317. The van der Waals surface area contributed by atoms with E-state index in [1.807, 2.05) is 70.2 Å². The number of guanidine groups is 1. The standard InChI is InChI=1S/C24H28N4.C8H9FS.C2H6/c1-7-15(4)23(9-3)28-17(6)20-13-18(10-11-22(20)27-24(28)25)19-12-16(5)21(8-2)26-14-19;1-6-3-4-8(10-2)7(9)5-6;1-2/h7,9-14H,6,8H2,1-5H3,(H2,25,27);3-5H,1-2H3;1-2H3/b15-7-,23-9+;;. The van der Waals surface area contributed by atoms with Crippen LogP contribution in [-0.4, -0.2) is 22.1 Å². The molecule has 0 amide bonds.